The van der Waals surface area contributed by atoms with Gasteiger partial charge in [0.1, 0.15) is 5.82 Å². The van der Waals surface area contributed by atoms with Gasteiger partial charge in [0.05, 0.1) is 5.69 Å². The average molecular weight is 297 g/mol. The lowest BCUT2D eigenvalue weighted by molar-refractivity contribution is 0.244. The van der Waals surface area contributed by atoms with Gasteiger partial charge >= 0.3 is 0 Å². The van der Waals surface area contributed by atoms with Crippen molar-refractivity contribution in [1.29, 1.82) is 0 Å². The molecule has 1 aliphatic heterocycles. The van der Waals surface area contributed by atoms with E-state index in [1.807, 2.05) is 6.20 Å². The average Bonchev–Trinajstić information content (AvgIpc) is 2.90. The number of nitrogen functional groups attached to an aromatic ring is 1. The monoisotopic (exact) mass is 297 g/mol. The minimum Gasteiger partial charge on any atom is -0.368 e. The van der Waals surface area contributed by atoms with Crippen LogP contribution in [0.1, 0.15) is 16.8 Å². The van der Waals surface area contributed by atoms with Crippen molar-refractivity contribution in [1.82, 2.24) is 19.9 Å². The smallest absolute Gasteiger partial charge is 0.220 e. The largest absolute Gasteiger partial charge is 0.368 e. The molecule has 3 N–H and O–H groups in total. The van der Waals surface area contributed by atoms with Crippen molar-refractivity contribution < 1.29 is 4.39 Å². The Morgan fingerprint density at radius 1 is 1.36 bits per heavy atom. The molecule has 0 atom stereocenters. The normalized spacial score (nSPS) is 15.1. The Kier molecular flexibility index (Phi) is 3.04. The standard InChI is InChI=1S/C16H16FN5/c17-12-1-2-15-13(5-12)10(6-19-15)8-22-4-3-14-11(9-22)7-20-16(18)21-14/h1-2,5-7,19H,3-4,8-9H2,(H2,18,20,21). The topological polar surface area (TPSA) is 70.8 Å². The quantitative estimate of drug-likeness (QED) is 0.761. The zero-order valence-electron chi connectivity index (χ0n) is 12.0. The fourth-order valence-electron chi connectivity index (χ4n) is 3.05. The van der Waals surface area contributed by atoms with Crippen LogP contribution in [0.3, 0.4) is 0 Å². The van der Waals surface area contributed by atoms with E-state index in [2.05, 4.69) is 19.9 Å². The lowest BCUT2D eigenvalue weighted by Gasteiger charge is -2.27. The van der Waals surface area contributed by atoms with E-state index < -0.39 is 0 Å². The highest BCUT2D eigenvalue weighted by Crippen LogP contribution is 2.24. The minimum absolute atomic E-state index is 0.207. The number of aromatic nitrogens is 3. The van der Waals surface area contributed by atoms with Crippen molar-refractivity contribution in [3.8, 4) is 0 Å². The lowest BCUT2D eigenvalue weighted by atomic mass is 10.1. The van der Waals surface area contributed by atoms with Gasteiger partial charge in [-0.15, -0.1) is 0 Å². The predicted octanol–water partition coefficient (Wildman–Crippen LogP) is 2.24. The molecule has 112 valence electrons. The maximum absolute atomic E-state index is 13.5. The van der Waals surface area contributed by atoms with Crippen molar-refractivity contribution in [3.63, 3.8) is 0 Å². The fraction of sp³-hybridized carbons (Fsp3) is 0.250. The second kappa shape index (κ2) is 5.06. The van der Waals surface area contributed by atoms with Gasteiger partial charge in [0.25, 0.3) is 0 Å². The number of aromatic amines is 1. The first kappa shape index (κ1) is 13.2. The molecule has 0 saturated heterocycles. The van der Waals surface area contributed by atoms with E-state index in [9.17, 15) is 4.39 Å². The molecule has 0 amide bonds. The Morgan fingerprint density at radius 3 is 3.18 bits per heavy atom. The lowest BCUT2D eigenvalue weighted by Crippen LogP contribution is -2.31. The molecule has 3 heterocycles. The molecule has 0 unspecified atom stereocenters. The summed E-state index contributed by atoms with van der Waals surface area (Å²) in [4.78, 5) is 13.9. The van der Waals surface area contributed by atoms with Crippen LogP contribution in [0.2, 0.25) is 0 Å². The molecule has 4 rings (SSSR count). The summed E-state index contributed by atoms with van der Waals surface area (Å²) in [6, 6.07) is 4.83. The van der Waals surface area contributed by atoms with E-state index in [4.69, 9.17) is 5.73 Å². The fourth-order valence-corrected chi connectivity index (χ4v) is 3.05. The molecular formula is C16H16FN5. The molecule has 0 spiro atoms. The first-order chi connectivity index (χ1) is 10.7. The number of H-pyrrole nitrogens is 1. The van der Waals surface area contributed by atoms with E-state index in [1.165, 1.54) is 6.07 Å². The number of benzene rings is 1. The van der Waals surface area contributed by atoms with Crippen molar-refractivity contribution in [3.05, 3.63) is 53.2 Å². The molecule has 2 aromatic heterocycles. The first-order valence-electron chi connectivity index (χ1n) is 7.27. The van der Waals surface area contributed by atoms with Crippen LogP contribution in [-0.4, -0.2) is 26.4 Å². The molecule has 3 aromatic rings. The van der Waals surface area contributed by atoms with Crippen LogP contribution in [0.5, 0.6) is 0 Å². The third-order valence-electron chi connectivity index (χ3n) is 4.16. The zero-order chi connectivity index (χ0) is 15.1. The number of rotatable bonds is 2. The van der Waals surface area contributed by atoms with Gasteiger partial charge in [-0.2, -0.15) is 0 Å². The summed E-state index contributed by atoms with van der Waals surface area (Å²) in [6.45, 7) is 2.47. The van der Waals surface area contributed by atoms with Crippen LogP contribution in [-0.2, 0) is 19.5 Å². The van der Waals surface area contributed by atoms with Gasteiger partial charge in [0, 0.05) is 54.9 Å². The molecule has 6 heteroatoms. The highest BCUT2D eigenvalue weighted by Gasteiger charge is 2.19. The maximum Gasteiger partial charge on any atom is 0.220 e. The Morgan fingerprint density at radius 2 is 2.27 bits per heavy atom. The van der Waals surface area contributed by atoms with Gasteiger partial charge in [-0.3, -0.25) is 4.90 Å². The van der Waals surface area contributed by atoms with Crippen LogP contribution in [0.25, 0.3) is 10.9 Å². The van der Waals surface area contributed by atoms with Gasteiger partial charge in [0.2, 0.25) is 5.95 Å². The summed E-state index contributed by atoms with van der Waals surface area (Å²) in [5.41, 5.74) is 9.85. The van der Waals surface area contributed by atoms with Crippen LogP contribution in [0.15, 0.2) is 30.6 Å². The van der Waals surface area contributed by atoms with Crippen LogP contribution < -0.4 is 5.73 Å². The number of hydrogen-bond acceptors (Lipinski definition) is 4. The molecule has 1 aliphatic rings. The number of nitrogens with one attached hydrogen (secondary N) is 1. The predicted molar refractivity (Wildman–Crippen MR) is 82.5 cm³/mol. The Bertz CT molecular complexity index is 842. The zero-order valence-corrected chi connectivity index (χ0v) is 12.0. The molecule has 0 saturated carbocycles. The van der Waals surface area contributed by atoms with Gasteiger partial charge in [-0.25, -0.2) is 14.4 Å². The number of halogens is 1. The Hall–Kier alpha value is -2.47. The SMILES string of the molecule is Nc1ncc2c(n1)CCN(Cc1c[nH]c3ccc(F)cc13)C2. The summed E-state index contributed by atoms with van der Waals surface area (Å²) in [5.74, 6) is 0.125. The first-order valence-corrected chi connectivity index (χ1v) is 7.27. The third kappa shape index (κ3) is 2.31. The van der Waals surface area contributed by atoms with Gasteiger partial charge in [0.15, 0.2) is 0 Å². The molecule has 5 nitrogen and oxygen atoms in total. The van der Waals surface area contributed by atoms with E-state index in [-0.39, 0.29) is 5.82 Å². The highest BCUT2D eigenvalue weighted by molar-refractivity contribution is 5.83. The van der Waals surface area contributed by atoms with Gasteiger partial charge < -0.3 is 10.7 Å². The minimum atomic E-state index is -0.207. The number of hydrogen-bond donors (Lipinski definition) is 2. The van der Waals surface area contributed by atoms with Crippen molar-refractivity contribution in [2.75, 3.05) is 12.3 Å². The van der Waals surface area contributed by atoms with Gasteiger partial charge in [-0.05, 0) is 23.8 Å². The van der Waals surface area contributed by atoms with Crippen molar-refractivity contribution in [2.24, 2.45) is 0 Å². The number of fused-ring (bicyclic) bond motifs is 2. The van der Waals surface area contributed by atoms with Crippen LogP contribution in [0.4, 0.5) is 10.3 Å². The summed E-state index contributed by atoms with van der Waals surface area (Å²) in [7, 11) is 0. The molecule has 0 aliphatic carbocycles. The third-order valence-corrected chi connectivity index (χ3v) is 4.16. The number of anilines is 1. The van der Waals surface area contributed by atoms with E-state index >= 15 is 0 Å². The van der Waals surface area contributed by atoms with E-state index in [1.54, 1.807) is 18.3 Å². The van der Waals surface area contributed by atoms with Crippen LogP contribution >= 0.6 is 0 Å². The number of nitrogens with two attached hydrogens (primary N) is 1. The Labute approximate surface area is 127 Å². The van der Waals surface area contributed by atoms with Crippen LogP contribution in [0, 0.1) is 5.82 Å². The van der Waals surface area contributed by atoms with Gasteiger partial charge in [-0.1, -0.05) is 0 Å². The molecule has 0 fully saturated rings. The van der Waals surface area contributed by atoms with Crippen molar-refractivity contribution >= 4 is 16.9 Å². The maximum atomic E-state index is 13.5. The summed E-state index contributed by atoms with van der Waals surface area (Å²) >= 11 is 0. The summed E-state index contributed by atoms with van der Waals surface area (Å²) in [5, 5.41) is 0.944. The Balaban J connectivity index is 1.59. The molecule has 0 radical (unpaired) electrons. The second-order valence-electron chi connectivity index (χ2n) is 5.66. The molecule has 22 heavy (non-hydrogen) atoms. The molecule has 0 bridgehead atoms. The van der Waals surface area contributed by atoms with Crippen molar-refractivity contribution in [2.45, 2.75) is 19.5 Å². The van der Waals surface area contributed by atoms with E-state index in [0.717, 1.165) is 53.8 Å². The second-order valence-corrected chi connectivity index (χ2v) is 5.66. The molecular weight excluding hydrogens is 281 g/mol. The summed E-state index contributed by atoms with van der Waals surface area (Å²) < 4.78 is 13.5. The highest BCUT2D eigenvalue weighted by atomic mass is 19.1. The molecule has 1 aromatic carbocycles. The number of nitrogens with zero attached hydrogens (tertiary/aromatic N) is 3. The van der Waals surface area contributed by atoms with E-state index in [0.29, 0.717) is 5.95 Å². The summed E-state index contributed by atoms with van der Waals surface area (Å²) in [6.07, 6.45) is 4.62.